The Balaban J connectivity index is 2.16. The van der Waals surface area contributed by atoms with Gasteiger partial charge in [0.25, 0.3) is 0 Å². The van der Waals surface area contributed by atoms with Gasteiger partial charge in [0, 0.05) is 19.2 Å². The zero-order valence-corrected chi connectivity index (χ0v) is 11.4. The largest absolute Gasteiger partial charge is 0.478 e. The Hall–Kier alpha value is -1.62. The normalized spacial score (nSPS) is 18.3. The Morgan fingerprint density at radius 2 is 2.47 bits per heavy atom. The van der Waals surface area contributed by atoms with Crippen LogP contribution in [-0.2, 0) is 4.74 Å². The number of nitrogens with one attached hydrogen (secondary N) is 1. The lowest BCUT2D eigenvalue weighted by molar-refractivity contribution is 0.104. The lowest BCUT2D eigenvalue weighted by Gasteiger charge is -2.13. The number of ether oxygens (including phenoxy) is 2. The number of anilines is 1. The van der Waals surface area contributed by atoms with E-state index in [1.54, 1.807) is 6.08 Å². The standard InChI is InChI=1S/C14H21N3O2/c1-3-7-15-12-10-13(19-8-4-2)17-14(16-12)11-6-5-9-18-11/h3,10-11H,1,4-9H2,2H3,(H,15,16,17). The molecular weight excluding hydrogens is 242 g/mol. The molecule has 1 aromatic rings. The van der Waals surface area contributed by atoms with Crippen molar-refractivity contribution >= 4 is 5.82 Å². The third kappa shape index (κ3) is 3.92. The van der Waals surface area contributed by atoms with E-state index in [2.05, 4.69) is 28.8 Å². The first-order valence-electron chi connectivity index (χ1n) is 6.81. The van der Waals surface area contributed by atoms with Crippen LogP contribution in [0.5, 0.6) is 5.88 Å². The van der Waals surface area contributed by atoms with E-state index in [-0.39, 0.29) is 6.10 Å². The van der Waals surface area contributed by atoms with Gasteiger partial charge < -0.3 is 14.8 Å². The predicted molar refractivity (Wildman–Crippen MR) is 74.4 cm³/mol. The van der Waals surface area contributed by atoms with E-state index in [1.807, 2.05) is 6.07 Å². The quantitative estimate of drug-likeness (QED) is 0.766. The Morgan fingerprint density at radius 1 is 1.58 bits per heavy atom. The van der Waals surface area contributed by atoms with E-state index in [0.717, 1.165) is 31.7 Å². The Kier molecular flexibility index (Phi) is 5.15. The third-order valence-corrected chi connectivity index (χ3v) is 2.82. The summed E-state index contributed by atoms with van der Waals surface area (Å²) in [5, 5.41) is 3.17. The lowest BCUT2D eigenvalue weighted by atomic mass is 10.2. The van der Waals surface area contributed by atoms with Crippen LogP contribution in [0, 0.1) is 0 Å². The fraction of sp³-hybridized carbons (Fsp3) is 0.571. The van der Waals surface area contributed by atoms with Gasteiger partial charge >= 0.3 is 0 Å². The smallest absolute Gasteiger partial charge is 0.218 e. The second-order valence-corrected chi connectivity index (χ2v) is 4.47. The van der Waals surface area contributed by atoms with Crippen LogP contribution >= 0.6 is 0 Å². The van der Waals surface area contributed by atoms with Gasteiger partial charge in [-0.2, -0.15) is 4.98 Å². The van der Waals surface area contributed by atoms with Gasteiger partial charge in [-0.3, -0.25) is 0 Å². The molecule has 19 heavy (non-hydrogen) atoms. The van der Waals surface area contributed by atoms with Gasteiger partial charge in [-0.1, -0.05) is 13.0 Å². The Labute approximate surface area is 114 Å². The van der Waals surface area contributed by atoms with Gasteiger partial charge in [0.05, 0.1) is 6.61 Å². The van der Waals surface area contributed by atoms with Crippen LogP contribution in [0.4, 0.5) is 5.82 Å². The zero-order chi connectivity index (χ0) is 13.5. The fourth-order valence-electron chi connectivity index (χ4n) is 1.92. The first-order valence-corrected chi connectivity index (χ1v) is 6.81. The van der Waals surface area contributed by atoms with Crippen LogP contribution in [0.15, 0.2) is 18.7 Å². The lowest BCUT2D eigenvalue weighted by Crippen LogP contribution is -2.09. The van der Waals surface area contributed by atoms with Crippen molar-refractivity contribution in [1.29, 1.82) is 0 Å². The highest BCUT2D eigenvalue weighted by Crippen LogP contribution is 2.28. The number of hydrogen-bond acceptors (Lipinski definition) is 5. The Morgan fingerprint density at radius 3 is 3.16 bits per heavy atom. The zero-order valence-electron chi connectivity index (χ0n) is 11.4. The van der Waals surface area contributed by atoms with Crippen molar-refractivity contribution in [3.05, 3.63) is 24.5 Å². The average Bonchev–Trinajstić information content (AvgIpc) is 2.97. The summed E-state index contributed by atoms with van der Waals surface area (Å²) < 4.78 is 11.2. The van der Waals surface area contributed by atoms with Crippen LogP contribution in [-0.4, -0.2) is 29.7 Å². The van der Waals surface area contributed by atoms with E-state index < -0.39 is 0 Å². The molecule has 1 unspecified atom stereocenters. The molecule has 1 saturated heterocycles. The third-order valence-electron chi connectivity index (χ3n) is 2.82. The van der Waals surface area contributed by atoms with E-state index in [0.29, 0.717) is 24.9 Å². The molecule has 1 aromatic heterocycles. The van der Waals surface area contributed by atoms with E-state index in [9.17, 15) is 0 Å². The molecular formula is C14H21N3O2. The van der Waals surface area contributed by atoms with Gasteiger partial charge in [0.1, 0.15) is 11.9 Å². The molecule has 0 saturated carbocycles. The monoisotopic (exact) mass is 263 g/mol. The molecule has 5 heteroatoms. The molecule has 0 radical (unpaired) electrons. The molecule has 5 nitrogen and oxygen atoms in total. The summed E-state index contributed by atoms with van der Waals surface area (Å²) in [6.07, 6.45) is 4.77. The van der Waals surface area contributed by atoms with Crippen LogP contribution < -0.4 is 10.1 Å². The molecule has 1 N–H and O–H groups in total. The maximum atomic E-state index is 5.63. The molecule has 1 atom stereocenters. The van der Waals surface area contributed by atoms with E-state index in [4.69, 9.17) is 9.47 Å². The van der Waals surface area contributed by atoms with Gasteiger partial charge in [0.2, 0.25) is 5.88 Å². The average molecular weight is 263 g/mol. The summed E-state index contributed by atoms with van der Waals surface area (Å²) in [7, 11) is 0. The topological polar surface area (TPSA) is 56.3 Å². The molecule has 1 aliphatic rings. The van der Waals surface area contributed by atoms with Gasteiger partial charge in [-0.05, 0) is 19.3 Å². The first-order chi connectivity index (χ1) is 9.33. The highest BCUT2D eigenvalue weighted by molar-refractivity contribution is 5.39. The van der Waals surface area contributed by atoms with E-state index >= 15 is 0 Å². The van der Waals surface area contributed by atoms with Crippen molar-refractivity contribution < 1.29 is 9.47 Å². The van der Waals surface area contributed by atoms with Crippen LogP contribution in [0.1, 0.15) is 38.1 Å². The van der Waals surface area contributed by atoms with Crippen LogP contribution in [0.25, 0.3) is 0 Å². The minimum Gasteiger partial charge on any atom is -0.478 e. The predicted octanol–water partition coefficient (Wildman–Crippen LogP) is 2.71. The van der Waals surface area contributed by atoms with Crippen molar-refractivity contribution in [1.82, 2.24) is 9.97 Å². The van der Waals surface area contributed by atoms with Crippen molar-refractivity contribution in [2.75, 3.05) is 25.1 Å². The van der Waals surface area contributed by atoms with Crippen molar-refractivity contribution in [2.45, 2.75) is 32.3 Å². The molecule has 104 valence electrons. The van der Waals surface area contributed by atoms with Crippen molar-refractivity contribution in [2.24, 2.45) is 0 Å². The maximum Gasteiger partial charge on any atom is 0.218 e. The van der Waals surface area contributed by atoms with Crippen LogP contribution in [0.3, 0.4) is 0 Å². The number of rotatable bonds is 7. The van der Waals surface area contributed by atoms with Gasteiger partial charge in [-0.15, -0.1) is 6.58 Å². The SMILES string of the molecule is C=CCNc1cc(OCCC)nc(C2CCCO2)n1. The van der Waals surface area contributed by atoms with Crippen LogP contribution in [0.2, 0.25) is 0 Å². The van der Waals surface area contributed by atoms with Gasteiger partial charge in [0.15, 0.2) is 5.82 Å². The number of hydrogen-bond donors (Lipinski definition) is 1. The van der Waals surface area contributed by atoms with Crippen molar-refractivity contribution in [3.63, 3.8) is 0 Å². The van der Waals surface area contributed by atoms with Crippen molar-refractivity contribution in [3.8, 4) is 5.88 Å². The summed E-state index contributed by atoms with van der Waals surface area (Å²) in [6.45, 7) is 7.85. The maximum absolute atomic E-state index is 5.63. The molecule has 1 fully saturated rings. The molecule has 2 rings (SSSR count). The molecule has 0 aromatic carbocycles. The number of nitrogens with zero attached hydrogens (tertiary/aromatic N) is 2. The molecule has 0 bridgehead atoms. The minimum atomic E-state index is -0.00513. The molecule has 0 aliphatic carbocycles. The summed E-state index contributed by atoms with van der Waals surface area (Å²) in [5.74, 6) is 2.07. The minimum absolute atomic E-state index is 0.00513. The second-order valence-electron chi connectivity index (χ2n) is 4.47. The highest BCUT2D eigenvalue weighted by Gasteiger charge is 2.22. The summed E-state index contributed by atoms with van der Waals surface area (Å²) in [5.41, 5.74) is 0. The highest BCUT2D eigenvalue weighted by atomic mass is 16.5. The summed E-state index contributed by atoms with van der Waals surface area (Å²) in [6, 6.07) is 1.82. The first kappa shape index (κ1) is 13.8. The Bertz CT molecular complexity index is 417. The molecule has 2 heterocycles. The number of aromatic nitrogens is 2. The second kappa shape index (κ2) is 7.09. The molecule has 0 spiro atoms. The summed E-state index contributed by atoms with van der Waals surface area (Å²) in [4.78, 5) is 8.92. The molecule has 1 aliphatic heterocycles. The fourth-order valence-corrected chi connectivity index (χ4v) is 1.92. The summed E-state index contributed by atoms with van der Waals surface area (Å²) >= 11 is 0. The molecule has 0 amide bonds. The van der Waals surface area contributed by atoms with Gasteiger partial charge in [-0.25, -0.2) is 4.98 Å². The van der Waals surface area contributed by atoms with E-state index in [1.165, 1.54) is 0 Å².